The maximum atomic E-state index is 11.9. The molecular formula is C26H27NO5S. The van der Waals surface area contributed by atoms with Crippen molar-refractivity contribution in [2.24, 2.45) is 0 Å². The van der Waals surface area contributed by atoms with Crippen LogP contribution in [0.1, 0.15) is 43.4 Å². The number of carbonyl (C=O) groups excluding carboxylic acids is 1. The summed E-state index contributed by atoms with van der Waals surface area (Å²) in [4.78, 5) is 17.5. The van der Waals surface area contributed by atoms with E-state index in [1.165, 1.54) is 10.1 Å². The maximum absolute atomic E-state index is 11.9. The van der Waals surface area contributed by atoms with Crippen LogP contribution in [0.15, 0.2) is 59.0 Å². The van der Waals surface area contributed by atoms with Crippen LogP contribution >= 0.6 is 11.3 Å². The van der Waals surface area contributed by atoms with Crippen LogP contribution in [-0.2, 0) is 20.9 Å². The number of aryl methyl sites for hydroxylation is 1. The predicted octanol–water partition coefficient (Wildman–Crippen LogP) is 6.47. The highest BCUT2D eigenvalue weighted by atomic mass is 32.1. The lowest BCUT2D eigenvalue weighted by atomic mass is 10.1. The summed E-state index contributed by atoms with van der Waals surface area (Å²) in [6.45, 7) is 6.77. The van der Waals surface area contributed by atoms with Crippen molar-refractivity contribution in [2.45, 2.75) is 39.9 Å². The first-order chi connectivity index (χ1) is 16.1. The fraction of sp³-hybridized carbons (Fsp3) is 0.308. The fourth-order valence-corrected chi connectivity index (χ4v) is 4.52. The highest BCUT2D eigenvalue weighted by Crippen LogP contribution is 2.34. The summed E-state index contributed by atoms with van der Waals surface area (Å²) in [7, 11) is 0. The molecule has 0 amide bonds. The maximum Gasteiger partial charge on any atom is 0.308 e. The van der Waals surface area contributed by atoms with Crippen LogP contribution in [0.3, 0.4) is 0 Å². The predicted molar refractivity (Wildman–Crippen MR) is 128 cm³/mol. The van der Waals surface area contributed by atoms with Crippen LogP contribution in [0.2, 0.25) is 0 Å². The van der Waals surface area contributed by atoms with Crippen LogP contribution < -0.4 is 4.74 Å². The Labute approximate surface area is 197 Å². The number of hydrogen-bond acceptors (Lipinski definition) is 7. The number of aromatic nitrogens is 1. The zero-order valence-electron chi connectivity index (χ0n) is 19.0. The number of carbonyl (C=O) groups is 1. The molecule has 0 saturated carbocycles. The molecule has 0 saturated heterocycles. The minimum Gasteiger partial charge on any atom is -0.487 e. The smallest absolute Gasteiger partial charge is 0.308 e. The summed E-state index contributed by atoms with van der Waals surface area (Å²) < 4.78 is 23.8. The van der Waals surface area contributed by atoms with Crippen LogP contribution in [0.4, 0.5) is 0 Å². The number of hydrogen-bond donors (Lipinski definition) is 0. The molecule has 2 aromatic heterocycles. The number of fused-ring (bicyclic) bond motifs is 1. The first-order valence-corrected chi connectivity index (χ1v) is 11.8. The molecule has 0 N–H and O–H groups in total. The number of thiophene rings is 1. The first kappa shape index (κ1) is 23.0. The Balaban J connectivity index is 1.41. The second-order valence-corrected chi connectivity index (χ2v) is 8.56. The van der Waals surface area contributed by atoms with Gasteiger partial charge >= 0.3 is 5.97 Å². The van der Waals surface area contributed by atoms with Crippen molar-refractivity contribution in [2.75, 3.05) is 13.2 Å². The lowest BCUT2D eigenvalue weighted by molar-refractivity contribution is -0.146. The van der Waals surface area contributed by atoms with Gasteiger partial charge in [-0.05, 0) is 56.0 Å². The number of nitrogens with zero attached hydrogens (tertiary/aromatic N) is 1. The average Bonchev–Trinajstić information content (AvgIpc) is 3.41. The lowest BCUT2D eigenvalue weighted by Crippen LogP contribution is -2.13. The molecule has 0 fully saturated rings. The van der Waals surface area contributed by atoms with E-state index in [9.17, 15) is 4.79 Å². The highest BCUT2D eigenvalue weighted by molar-refractivity contribution is 7.22. The number of rotatable bonds is 10. The SMILES string of the molecule is CCOC(=O)CC(OCC)c1ccc(OCc2nc(-c3cc4ccccc4s3)oc2C)cc1. The van der Waals surface area contributed by atoms with Crippen molar-refractivity contribution < 1.29 is 23.4 Å². The Morgan fingerprint density at radius 2 is 1.88 bits per heavy atom. The van der Waals surface area contributed by atoms with Gasteiger partial charge in [-0.2, -0.15) is 0 Å². The van der Waals surface area contributed by atoms with Crippen molar-refractivity contribution in [3.8, 4) is 16.5 Å². The van der Waals surface area contributed by atoms with Crippen molar-refractivity contribution >= 4 is 27.4 Å². The third kappa shape index (κ3) is 5.61. The fourth-order valence-electron chi connectivity index (χ4n) is 3.53. The third-order valence-electron chi connectivity index (χ3n) is 5.18. The molecule has 0 aliphatic rings. The van der Waals surface area contributed by atoms with Crippen LogP contribution in [0.25, 0.3) is 20.9 Å². The van der Waals surface area contributed by atoms with E-state index in [0.29, 0.717) is 31.5 Å². The highest BCUT2D eigenvalue weighted by Gasteiger charge is 2.18. The van der Waals surface area contributed by atoms with Crippen LogP contribution in [-0.4, -0.2) is 24.2 Å². The second-order valence-electron chi connectivity index (χ2n) is 7.48. The molecule has 6 nitrogen and oxygen atoms in total. The van der Waals surface area contributed by atoms with Gasteiger partial charge in [-0.15, -0.1) is 11.3 Å². The largest absolute Gasteiger partial charge is 0.487 e. The molecule has 33 heavy (non-hydrogen) atoms. The first-order valence-electron chi connectivity index (χ1n) is 11.0. The normalized spacial score (nSPS) is 12.1. The Kier molecular flexibility index (Phi) is 7.42. The summed E-state index contributed by atoms with van der Waals surface area (Å²) in [5.41, 5.74) is 1.67. The van der Waals surface area contributed by atoms with Gasteiger partial charge in [-0.25, -0.2) is 4.98 Å². The van der Waals surface area contributed by atoms with Crippen LogP contribution in [0, 0.1) is 6.92 Å². The standard InChI is InChI=1S/C26H27NO5S/c1-4-29-22(15-25(28)30-5-2)18-10-12-20(13-11-18)31-16-21-17(3)32-26(27-21)24-14-19-8-6-7-9-23(19)33-24/h6-14,22H,4-5,15-16H2,1-3H3. The molecule has 2 aromatic carbocycles. The topological polar surface area (TPSA) is 70.8 Å². The Morgan fingerprint density at radius 3 is 2.61 bits per heavy atom. The van der Waals surface area contributed by atoms with Crippen molar-refractivity contribution in [3.63, 3.8) is 0 Å². The van der Waals surface area contributed by atoms with Crippen molar-refractivity contribution in [3.05, 3.63) is 71.6 Å². The molecule has 172 valence electrons. The molecule has 7 heteroatoms. The van der Waals surface area contributed by atoms with Gasteiger partial charge in [0.2, 0.25) is 5.89 Å². The van der Waals surface area contributed by atoms with E-state index < -0.39 is 0 Å². The van der Waals surface area contributed by atoms with E-state index in [-0.39, 0.29) is 18.5 Å². The van der Waals surface area contributed by atoms with Crippen molar-refractivity contribution in [1.82, 2.24) is 4.98 Å². The Bertz CT molecular complexity index is 1180. The molecule has 0 bridgehead atoms. The average molecular weight is 466 g/mol. The van der Waals surface area contributed by atoms with Crippen molar-refractivity contribution in [1.29, 1.82) is 0 Å². The monoisotopic (exact) mass is 465 g/mol. The van der Waals surface area contributed by atoms with Gasteiger partial charge in [0.1, 0.15) is 23.8 Å². The quantitative estimate of drug-likeness (QED) is 0.250. The van der Waals surface area contributed by atoms with Gasteiger partial charge in [0, 0.05) is 11.3 Å². The van der Waals surface area contributed by atoms with E-state index in [0.717, 1.165) is 21.9 Å². The molecule has 0 radical (unpaired) electrons. The van der Waals surface area contributed by atoms with E-state index in [1.54, 1.807) is 18.3 Å². The number of benzene rings is 2. The summed E-state index contributed by atoms with van der Waals surface area (Å²) in [5, 5.41) is 1.18. The third-order valence-corrected chi connectivity index (χ3v) is 6.29. The van der Waals surface area contributed by atoms with Gasteiger partial charge in [0.05, 0.1) is 24.0 Å². The molecule has 1 unspecified atom stereocenters. The zero-order valence-corrected chi connectivity index (χ0v) is 19.8. The molecule has 0 aliphatic carbocycles. The van der Waals surface area contributed by atoms with Gasteiger partial charge in [0.15, 0.2) is 0 Å². The van der Waals surface area contributed by atoms with Gasteiger partial charge in [-0.3, -0.25) is 4.79 Å². The van der Waals surface area contributed by atoms with Gasteiger partial charge < -0.3 is 18.6 Å². The molecule has 1 atom stereocenters. The van der Waals surface area contributed by atoms with E-state index in [4.69, 9.17) is 18.6 Å². The molecule has 0 spiro atoms. The molecule has 4 rings (SSSR count). The molecule has 4 aromatic rings. The van der Waals surface area contributed by atoms with Gasteiger partial charge in [0.25, 0.3) is 0 Å². The Morgan fingerprint density at radius 1 is 1.09 bits per heavy atom. The van der Waals surface area contributed by atoms with Gasteiger partial charge in [-0.1, -0.05) is 30.3 Å². The minimum atomic E-state index is -0.343. The van der Waals surface area contributed by atoms with E-state index >= 15 is 0 Å². The summed E-state index contributed by atoms with van der Waals surface area (Å²) in [5.74, 6) is 1.79. The molecular weight excluding hydrogens is 438 g/mol. The number of oxazole rings is 1. The minimum absolute atomic E-state index is 0.181. The van der Waals surface area contributed by atoms with E-state index in [1.807, 2.05) is 50.2 Å². The number of ether oxygens (including phenoxy) is 3. The Hall–Kier alpha value is -3.16. The molecule has 0 aliphatic heterocycles. The summed E-state index contributed by atoms with van der Waals surface area (Å²) >= 11 is 1.66. The zero-order chi connectivity index (χ0) is 23.2. The molecule has 2 heterocycles. The lowest BCUT2D eigenvalue weighted by Gasteiger charge is -2.17. The summed E-state index contributed by atoms with van der Waals surface area (Å²) in [6.07, 6.45) is -0.162. The van der Waals surface area contributed by atoms with Crippen LogP contribution in [0.5, 0.6) is 5.75 Å². The second kappa shape index (κ2) is 10.6. The summed E-state index contributed by atoms with van der Waals surface area (Å²) in [6, 6.07) is 17.9. The number of esters is 1. The van der Waals surface area contributed by atoms with E-state index in [2.05, 4.69) is 23.2 Å².